The van der Waals surface area contributed by atoms with Crippen LogP contribution in [0.25, 0.3) is 0 Å². The normalized spacial score (nSPS) is 22.5. The highest BCUT2D eigenvalue weighted by molar-refractivity contribution is 6.10. The van der Waals surface area contributed by atoms with E-state index in [1.54, 1.807) is 18.3 Å². The van der Waals surface area contributed by atoms with Gasteiger partial charge in [0, 0.05) is 12.4 Å². The summed E-state index contributed by atoms with van der Waals surface area (Å²) in [6, 6.07) is 7.31. The molecule has 4 atom stereocenters. The minimum Gasteiger partial charge on any atom is -0.435 e. The molecule has 2 aromatic heterocycles. The molecule has 0 aliphatic heterocycles. The van der Waals surface area contributed by atoms with E-state index in [-0.39, 0.29) is 35.3 Å². The fourth-order valence-corrected chi connectivity index (χ4v) is 3.90. The molecule has 2 heterocycles. The molecule has 1 saturated carbocycles. The third-order valence-electron chi connectivity index (χ3n) is 5.59. The summed E-state index contributed by atoms with van der Waals surface area (Å²) < 4.78 is 30.8. The number of halogens is 2. The Morgan fingerprint density at radius 3 is 2.85 bits per heavy atom. The summed E-state index contributed by atoms with van der Waals surface area (Å²) in [5.41, 5.74) is 0.994. The first-order chi connectivity index (χ1) is 15.8. The number of aliphatic hydroxyl groups is 2. The molecule has 0 saturated heterocycles. The summed E-state index contributed by atoms with van der Waals surface area (Å²) in [5, 5.41) is 27.6. The highest BCUT2D eigenvalue weighted by Gasteiger charge is 2.39. The summed E-state index contributed by atoms with van der Waals surface area (Å²) in [6.45, 7) is -0.834. The molecule has 1 aromatic carbocycles. The highest BCUT2D eigenvalue weighted by Crippen LogP contribution is 2.29. The van der Waals surface area contributed by atoms with Gasteiger partial charge >= 0.3 is 6.61 Å². The van der Waals surface area contributed by atoms with E-state index in [2.05, 4.69) is 25.1 Å². The van der Waals surface area contributed by atoms with E-state index in [4.69, 9.17) is 0 Å². The molecule has 9 nitrogen and oxygen atoms in total. The number of ketones is 1. The van der Waals surface area contributed by atoms with Gasteiger partial charge in [-0.15, -0.1) is 0 Å². The number of nitrogens with zero attached hydrogens (tertiary/aromatic N) is 4. The Kier molecular flexibility index (Phi) is 6.61. The molecule has 1 aliphatic rings. The average molecular weight is 459 g/mol. The van der Waals surface area contributed by atoms with Crippen LogP contribution in [0.1, 0.15) is 35.0 Å². The van der Waals surface area contributed by atoms with Crippen molar-refractivity contribution >= 4 is 11.6 Å². The summed E-state index contributed by atoms with van der Waals surface area (Å²) in [6.07, 6.45) is 2.92. The maximum atomic E-state index is 13.1. The third-order valence-corrected chi connectivity index (χ3v) is 5.59. The van der Waals surface area contributed by atoms with E-state index < -0.39 is 30.6 Å². The minimum absolute atomic E-state index is 0.0386. The number of alkyl halides is 2. The maximum absolute atomic E-state index is 13.1. The van der Waals surface area contributed by atoms with Gasteiger partial charge in [-0.25, -0.2) is 9.97 Å². The van der Waals surface area contributed by atoms with Gasteiger partial charge in [-0.3, -0.25) is 9.48 Å². The van der Waals surface area contributed by atoms with E-state index in [0.29, 0.717) is 12.0 Å². The molecule has 0 unspecified atom stereocenters. The smallest absolute Gasteiger partial charge is 0.387 e. The molecule has 33 heavy (non-hydrogen) atoms. The minimum atomic E-state index is -2.91. The largest absolute Gasteiger partial charge is 0.435 e. The molecule has 0 radical (unpaired) electrons. The first-order valence-corrected chi connectivity index (χ1v) is 10.4. The van der Waals surface area contributed by atoms with Crippen molar-refractivity contribution in [3.8, 4) is 5.75 Å². The van der Waals surface area contributed by atoms with E-state index in [0.717, 1.165) is 0 Å². The number of benzene rings is 1. The van der Waals surface area contributed by atoms with E-state index in [9.17, 15) is 23.8 Å². The number of aliphatic hydroxyl groups excluding tert-OH is 2. The number of anilines is 1. The number of nitrogens with one attached hydrogen (secondary N) is 1. The predicted octanol–water partition coefficient (Wildman–Crippen LogP) is 2.10. The van der Waals surface area contributed by atoms with Crippen LogP contribution in [0.3, 0.4) is 0 Å². The first-order valence-electron chi connectivity index (χ1n) is 10.4. The van der Waals surface area contributed by atoms with Crippen molar-refractivity contribution < 1.29 is 28.5 Å². The molecule has 0 spiro atoms. The number of aromatic nitrogens is 4. The van der Waals surface area contributed by atoms with Crippen LogP contribution in [0.5, 0.6) is 5.75 Å². The molecule has 174 valence electrons. The zero-order chi connectivity index (χ0) is 23.5. The maximum Gasteiger partial charge on any atom is 0.387 e. The number of hydrogen-bond donors (Lipinski definition) is 3. The lowest BCUT2D eigenvalue weighted by atomic mass is 10.1. The number of ether oxygens (including phenoxy) is 1. The summed E-state index contributed by atoms with van der Waals surface area (Å²) in [5.74, 6) is -0.241. The standard InChI is InChI=1S/C22H23F2N5O4/c1-12-7-17(20(32)18(12)30)27-21-15(9-25-11-26-21)19(31)16-5-6-29(28-16)10-13-3-2-4-14(8-13)33-22(23)24/h2-6,8-9,11-12,17-18,20,22,30,32H,7,10H2,1H3,(H,25,26,27)/t12-,17-,18-,20+/m1/s1. The number of carbonyl (C=O) groups excluding carboxylic acids is 1. The monoisotopic (exact) mass is 459 g/mol. The van der Waals surface area contributed by atoms with Gasteiger partial charge in [0.25, 0.3) is 0 Å². The van der Waals surface area contributed by atoms with Crippen LogP contribution in [-0.2, 0) is 6.54 Å². The molecule has 0 amide bonds. The van der Waals surface area contributed by atoms with Gasteiger partial charge in [-0.2, -0.15) is 13.9 Å². The van der Waals surface area contributed by atoms with Gasteiger partial charge in [0.1, 0.15) is 29.7 Å². The topological polar surface area (TPSA) is 122 Å². The van der Waals surface area contributed by atoms with E-state index >= 15 is 0 Å². The van der Waals surface area contributed by atoms with Gasteiger partial charge in [-0.1, -0.05) is 19.1 Å². The van der Waals surface area contributed by atoms with Crippen LogP contribution in [0.15, 0.2) is 49.1 Å². The second-order valence-electron chi connectivity index (χ2n) is 7.98. The van der Waals surface area contributed by atoms with Crippen LogP contribution in [0.2, 0.25) is 0 Å². The molecule has 1 aliphatic carbocycles. The second kappa shape index (κ2) is 9.59. The molecular weight excluding hydrogens is 436 g/mol. The van der Waals surface area contributed by atoms with E-state index in [1.807, 2.05) is 6.92 Å². The van der Waals surface area contributed by atoms with Gasteiger partial charge < -0.3 is 20.3 Å². The fraction of sp³-hybridized carbons (Fsp3) is 0.364. The van der Waals surface area contributed by atoms with Crippen molar-refractivity contribution in [2.75, 3.05) is 5.32 Å². The second-order valence-corrected chi connectivity index (χ2v) is 7.98. The van der Waals surface area contributed by atoms with Gasteiger partial charge in [0.2, 0.25) is 5.78 Å². The van der Waals surface area contributed by atoms with Crippen LogP contribution in [0.4, 0.5) is 14.6 Å². The average Bonchev–Trinajstić information content (AvgIpc) is 3.34. The molecular formula is C22H23F2N5O4. The zero-order valence-electron chi connectivity index (χ0n) is 17.7. The van der Waals surface area contributed by atoms with Crippen LogP contribution >= 0.6 is 0 Å². The summed E-state index contributed by atoms with van der Waals surface area (Å²) in [7, 11) is 0. The summed E-state index contributed by atoms with van der Waals surface area (Å²) >= 11 is 0. The Morgan fingerprint density at radius 1 is 1.30 bits per heavy atom. The Balaban J connectivity index is 1.49. The molecule has 0 bridgehead atoms. The van der Waals surface area contributed by atoms with Crippen molar-refractivity contribution in [3.63, 3.8) is 0 Å². The third kappa shape index (κ3) is 5.15. The van der Waals surface area contributed by atoms with Gasteiger partial charge in [-0.05, 0) is 36.1 Å². The van der Waals surface area contributed by atoms with Gasteiger partial charge in [0.05, 0.1) is 24.3 Å². The lowest BCUT2D eigenvalue weighted by molar-refractivity contribution is -0.0498. The molecule has 3 aromatic rings. The number of carbonyl (C=O) groups is 1. The van der Waals surface area contributed by atoms with Gasteiger partial charge in [0.15, 0.2) is 0 Å². The number of rotatable bonds is 8. The Morgan fingerprint density at radius 2 is 2.12 bits per heavy atom. The fourth-order valence-electron chi connectivity index (χ4n) is 3.90. The first kappa shape index (κ1) is 22.7. The quantitative estimate of drug-likeness (QED) is 0.438. The molecule has 4 rings (SSSR count). The van der Waals surface area contributed by atoms with Crippen molar-refractivity contribution in [2.45, 2.75) is 44.8 Å². The Bertz CT molecular complexity index is 1130. The molecule has 1 fully saturated rings. The van der Waals surface area contributed by atoms with Crippen molar-refractivity contribution in [1.29, 1.82) is 0 Å². The highest BCUT2D eigenvalue weighted by atomic mass is 19.3. The van der Waals surface area contributed by atoms with Crippen molar-refractivity contribution in [1.82, 2.24) is 19.7 Å². The van der Waals surface area contributed by atoms with E-state index in [1.165, 1.54) is 35.4 Å². The number of hydrogen-bond acceptors (Lipinski definition) is 8. The van der Waals surface area contributed by atoms with Crippen LogP contribution < -0.4 is 10.1 Å². The van der Waals surface area contributed by atoms with Crippen molar-refractivity contribution in [2.24, 2.45) is 5.92 Å². The SMILES string of the molecule is C[C@@H]1C[C@@H](Nc2ncncc2C(=O)c2ccn(Cc3cccc(OC(F)F)c3)n2)[C@H](O)[C@@H]1O. The van der Waals surface area contributed by atoms with Crippen molar-refractivity contribution in [3.05, 3.63) is 65.9 Å². The predicted molar refractivity (Wildman–Crippen MR) is 113 cm³/mol. The molecule has 11 heteroatoms. The Labute approximate surface area is 188 Å². The zero-order valence-corrected chi connectivity index (χ0v) is 17.7. The van der Waals surface area contributed by atoms with Crippen LogP contribution in [0, 0.1) is 5.92 Å². The Hall–Kier alpha value is -3.44. The molecule has 3 N–H and O–H groups in total. The van der Waals surface area contributed by atoms with Crippen LogP contribution in [-0.4, -0.2) is 60.6 Å². The lowest BCUT2D eigenvalue weighted by Gasteiger charge is -2.19. The summed E-state index contributed by atoms with van der Waals surface area (Å²) in [4.78, 5) is 21.1. The lowest BCUT2D eigenvalue weighted by Crippen LogP contribution is -2.35.